The minimum atomic E-state index is -4.40. The molecule has 1 rings (SSSR count). The molecule has 0 saturated heterocycles. The minimum Gasteiger partial charge on any atom is -0.326 e. The molecule has 1 N–H and O–H groups in total. The number of carbonyl (C=O) groups excluding carboxylic acids is 1. The van der Waals surface area contributed by atoms with Gasteiger partial charge in [0, 0.05) is 11.6 Å². The van der Waals surface area contributed by atoms with Crippen LogP contribution in [0.3, 0.4) is 0 Å². The predicted molar refractivity (Wildman–Crippen MR) is 64.3 cm³/mol. The molecule has 0 bridgehead atoms. The first-order valence-corrected chi connectivity index (χ1v) is 5.73. The summed E-state index contributed by atoms with van der Waals surface area (Å²) in [6, 6.07) is 3.53. The van der Waals surface area contributed by atoms with E-state index in [4.69, 9.17) is 0 Å². The Morgan fingerprint density at radius 1 is 1.33 bits per heavy atom. The molecule has 1 aromatic rings. The maximum Gasteiger partial charge on any atom is 0.416 e. The van der Waals surface area contributed by atoms with E-state index < -0.39 is 11.7 Å². The van der Waals surface area contributed by atoms with E-state index in [-0.39, 0.29) is 17.5 Å². The van der Waals surface area contributed by atoms with E-state index in [0.717, 1.165) is 12.1 Å². The Bertz CT molecular complexity index is 440. The van der Waals surface area contributed by atoms with Crippen molar-refractivity contribution >= 4 is 11.6 Å². The van der Waals surface area contributed by atoms with Crippen LogP contribution in [0.1, 0.15) is 31.4 Å². The summed E-state index contributed by atoms with van der Waals surface area (Å²) in [6.45, 7) is 5.14. The van der Waals surface area contributed by atoms with Crippen LogP contribution in [0.25, 0.3) is 0 Å². The Kier molecular flexibility index (Phi) is 4.38. The lowest BCUT2D eigenvalue weighted by molar-refractivity contribution is -0.137. The lowest BCUT2D eigenvalue weighted by Gasteiger charge is -2.13. The number of hydrogen-bond donors (Lipinski definition) is 1. The van der Waals surface area contributed by atoms with Gasteiger partial charge in [-0.25, -0.2) is 0 Å². The summed E-state index contributed by atoms with van der Waals surface area (Å²) in [5.41, 5.74) is -0.0983. The third-order valence-electron chi connectivity index (χ3n) is 2.73. The van der Waals surface area contributed by atoms with Crippen molar-refractivity contribution in [2.45, 2.75) is 33.4 Å². The van der Waals surface area contributed by atoms with Gasteiger partial charge >= 0.3 is 6.18 Å². The van der Waals surface area contributed by atoms with E-state index >= 15 is 0 Å². The summed E-state index contributed by atoms with van der Waals surface area (Å²) >= 11 is 0. The van der Waals surface area contributed by atoms with Crippen molar-refractivity contribution in [3.05, 3.63) is 29.3 Å². The summed E-state index contributed by atoms with van der Waals surface area (Å²) < 4.78 is 37.8. The Balaban J connectivity index is 2.97. The molecular weight excluding hydrogens is 243 g/mol. The van der Waals surface area contributed by atoms with E-state index in [9.17, 15) is 18.0 Å². The van der Waals surface area contributed by atoms with E-state index in [1.165, 1.54) is 6.07 Å². The third kappa shape index (κ3) is 3.75. The SMILES string of the molecule is CCC(C)C(=O)Nc1cc(C)cc(C(F)(F)F)c1. The molecule has 100 valence electrons. The van der Waals surface area contributed by atoms with Crippen LogP contribution in [0.2, 0.25) is 0 Å². The lowest BCUT2D eigenvalue weighted by Crippen LogP contribution is -2.20. The van der Waals surface area contributed by atoms with Crippen molar-refractivity contribution in [1.82, 2.24) is 0 Å². The van der Waals surface area contributed by atoms with E-state index in [1.54, 1.807) is 13.8 Å². The highest BCUT2D eigenvalue weighted by Crippen LogP contribution is 2.31. The molecule has 0 aliphatic carbocycles. The molecule has 18 heavy (non-hydrogen) atoms. The molecule has 1 amide bonds. The topological polar surface area (TPSA) is 29.1 Å². The molecule has 2 nitrogen and oxygen atoms in total. The predicted octanol–water partition coefficient (Wildman–Crippen LogP) is 4.00. The maximum atomic E-state index is 12.6. The number of benzene rings is 1. The van der Waals surface area contributed by atoms with Gasteiger partial charge in [0.2, 0.25) is 5.91 Å². The second kappa shape index (κ2) is 5.42. The average molecular weight is 259 g/mol. The molecule has 5 heteroatoms. The molecular formula is C13H16F3NO. The molecule has 0 saturated carbocycles. The van der Waals surface area contributed by atoms with Gasteiger partial charge in [-0.3, -0.25) is 4.79 Å². The quantitative estimate of drug-likeness (QED) is 0.873. The number of amides is 1. The second-order valence-corrected chi connectivity index (χ2v) is 4.38. The van der Waals surface area contributed by atoms with Crippen LogP contribution in [0, 0.1) is 12.8 Å². The maximum absolute atomic E-state index is 12.6. The highest BCUT2D eigenvalue weighted by molar-refractivity contribution is 5.92. The Labute approximate surface area is 104 Å². The van der Waals surface area contributed by atoms with Gasteiger partial charge in [-0.2, -0.15) is 13.2 Å². The highest BCUT2D eigenvalue weighted by atomic mass is 19.4. The number of nitrogens with one attached hydrogen (secondary N) is 1. The van der Waals surface area contributed by atoms with E-state index in [2.05, 4.69) is 5.32 Å². The molecule has 0 aliphatic heterocycles. The van der Waals surface area contributed by atoms with Crippen LogP contribution in [-0.2, 0) is 11.0 Å². The summed E-state index contributed by atoms with van der Waals surface area (Å²) in [4.78, 5) is 11.6. The summed E-state index contributed by atoms with van der Waals surface area (Å²) in [5, 5.41) is 2.51. The van der Waals surface area contributed by atoms with E-state index in [0.29, 0.717) is 12.0 Å². The first-order chi connectivity index (χ1) is 8.24. The highest BCUT2D eigenvalue weighted by Gasteiger charge is 2.31. The van der Waals surface area contributed by atoms with Crippen LogP contribution in [0.4, 0.5) is 18.9 Å². The first-order valence-electron chi connectivity index (χ1n) is 5.73. The van der Waals surface area contributed by atoms with Gasteiger partial charge in [0.1, 0.15) is 0 Å². The fourth-order valence-corrected chi connectivity index (χ4v) is 1.47. The number of aryl methyl sites for hydroxylation is 1. The summed E-state index contributed by atoms with van der Waals surface area (Å²) in [5.74, 6) is -0.490. The van der Waals surface area contributed by atoms with Gasteiger partial charge in [0.15, 0.2) is 0 Å². The van der Waals surface area contributed by atoms with Gasteiger partial charge in [-0.05, 0) is 37.1 Å². The Morgan fingerprint density at radius 2 is 1.94 bits per heavy atom. The summed E-state index contributed by atoms with van der Waals surface area (Å²) in [6.07, 6.45) is -3.76. The van der Waals surface area contributed by atoms with Gasteiger partial charge in [0.05, 0.1) is 5.56 Å². The van der Waals surface area contributed by atoms with Gasteiger partial charge in [-0.15, -0.1) is 0 Å². The van der Waals surface area contributed by atoms with Crippen LogP contribution in [0.5, 0.6) is 0 Å². The molecule has 1 aromatic carbocycles. The number of hydrogen-bond acceptors (Lipinski definition) is 1. The molecule has 0 fully saturated rings. The third-order valence-corrected chi connectivity index (χ3v) is 2.73. The average Bonchev–Trinajstić information content (AvgIpc) is 2.25. The largest absolute Gasteiger partial charge is 0.416 e. The number of carbonyl (C=O) groups is 1. The zero-order valence-corrected chi connectivity index (χ0v) is 10.6. The number of anilines is 1. The van der Waals surface area contributed by atoms with Gasteiger partial charge in [0.25, 0.3) is 0 Å². The van der Waals surface area contributed by atoms with Crippen LogP contribution >= 0.6 is 0 Å². The fourth-order valence-electron chi connectivity index (χ4n) is 1.47. The molecule has 0 radical (unpaired) electrons. The molecule has 0 spiro atoms. The van der Waals surface area contributed by atoms with E-state index in [1.807, 2.05) is 6.92 Å². The molecule has 0 heterocycles. The first kappa shape index (κ1) is 14.5. The monoisotopic (exact) mass is 259 g/mol. The Hall–Kier alpha value is -1.52. The molecule has 0 aliphatic rings. The fraction of sp³-hybridized carbons (Fsp3) is 0.462. The summed E-state index contributed by atoms with van der Waals surface area (Å²) in [7, 11) is 0. The second-order valence-electron chi connectivity index (χ2n) is 4.38. The number of alkyl halides is 3. The molecule has 1 atom stereocenters. The zero-order chi connectivity index (χ0) is 13.9. The lowest BCUT2D eigenvalue weighted by atomic mass is 10.1. The standard InChI is InChI=1S/C13H16F3NO/c1-4-9(3)12(18)17-11-6-8(2)5-10(7-11)13(14,15)16/h5-7,9H,4H2,1-3H3,(H,17,18). The molecule has 1 unspecified atom stereocenters. The number of halogens is 3. The van der Waals surface area contributed by atoms with Crippen LogP contribution in [0.15, 0.2) is 18.2 Å². The minimum absolute atomic E-state index is 0.188. The normalized spacial score (nSPS) is 13.2. The van der Waals surface area contributed by atoms with Gasteiger partial charge in [-0.1, -0.05) is 13.8 Å². The Morgan fingerprint density at radius 3 is 2.44 bits per heavy atom. The smallest absolute Gasteiger partial charge is 0.326 e. The van der Waals surface area contributed by atoms with Crippen molar-refractivity contribution in [2.75, 3.05) is 5.32 Å². The van der Waals surface area contributed by atoms with Crippen molar-refractivity contribution in [3.63, 3.8) is 0 Å². The van der Waals surface area contributed by atoms with Crippen LogP contribution in [-0.4, -0.2) is 5.91 Å². The van der Waals surface area contributed by atoms with Crippen molar-refractivity contribution in [1.29, 1.82) is 0 Å². The zero-order valence-electron chi connectivity index (χ0n) is 10.6. The van der Waals surface area contributed by atoms with Crippen molar-refractivity contribution in [3.8, 4) is 0 Å². The number of rotatable bonds is 3. The van der Waals surface area contributed by atoms with Crippen molar-refractivity contribution in [2.24, 2.45) is 5.92 Å². The molecule has 0 aromatic heterocycles. The van der Waals surface area contributed by atoms with Gasteiger partial charge < -0.3 is 5.32 Å². The van der Waals surface area contributed by atoms with Crippen LogP contribution < -0.4 is 5.32 Å². The van der Waals surface area contributed by atoms with Crippen molar-refractivity contribution < 1.29 is 18.0 Å².